The molecule has 1 amide bonds. The monoisotopic (exact) mass is 316 g/mol. The van der Waals surface area contributed by atoms with Gasteiger partial charge in [-0.1, -0.05) is 42.5 Å². The van der Waals surface area contributed by atoms with Crippen molar-refractivity contribution < 1.29 is 19.1 Å². The van der Waals surface area contributed by atoms with Gasteiger partial charge in [0.05, 0.1) is 0 Å². The van der Waals surface area contributed by atoms with Gasteiger partial charge in [0.2, 0.25) is 5.91 Å². The lowest BCUT2D eigenvalue weighted by atomic mass is 10.0. The first-order valence-electron chi connectivity index (χ1n) is 7.05. The number of carboxylic acids is 1. The Balaban J connectivity index is 2.07. The molecule has 2 aromatic carbocycles. The Bertz CT molecular complexity index is 691. The highest BCUT2D eigenvalue weighted by Crippen LogP contribution is 2.11. The fourth-order valence-electron chi connectivity index (χ4n) is 2.17. The maximum absolute atomic E-state index is 13.2. The Kier molecular flexibility index (Phi) is 5.43. The van der Waals surface area contributed by atoms with Crippen LogP contribution in [-0.4, -0.2) is 23.0 Å². The number of hydrogen-bond donors (Lipinski definition) is 3. The van der Waals surface area contributed by atoms with Gasteiger partial charge in [0.25, 0.3) is 0 Å². The van der Waals surface area contributed by atoms with E-state index in [1.165, 1.54) is 18.2 Å². The molecule has 0 aromatic heterocycles. The minimum Gasteiger partial charge on any atom is -0.480 e. The molecular formula is C17H17FN2O3. The molecule has 0 aliphatic carbocycles. The Labute approximate surface area is 132 Å². The van der Waals surface area contributed by atoms with E-state index in [0.717, 1.165) is 0 Å². The van der Waals surface area contributed by atoms with Crippen molar-refractivity contribution >= 4 is 11.9 Å². The van der Waals surface area contributed by atoms with E-state index in [9.17, 15) is 19.1 Å². The number of halogens is 1. The van der Waals surface area contributed by atoms with Crippen LogP contribution in [0, 0.1) is 5.82 Å². The molecule has 0 saturated carbocycles. The molecule has 0 spiro atoms. The predicted octanol–water partition coefficient (Wildman–Crippen LogP) is 1.64. The van der Waals surface area contributed by atoms with Crippen LogP contribution in [0.4, 0.5) is 4.39 Å². The van der Waals surface area contributed by atoms with E-state index in [0.29, 0.717) is 11.1 Å². The topological polar surface area (TPSA) is 92.4 Å². The molecule has 0 aliphatic rings. The van der Waals surface area contributed by atoms with Crippen molar-refractivity contribution in [2.45, 2.75) is 18.5 Å². The van der Waals surface area contributed by atoms with Crippen LogP contribution < -0.4 is 11.1 Å². The van der Waals surface area contributed by atoms with Crippen molar-refractivity contribution in [2.24, 2.45) is 5.73 Å². The van der Waals surface area contributed by atoms with Gasteiger partial charge in [-0.3, -0.25) is 4.79 Å². The summed E-state index contributed by atoms with van der Waals surface area (Å²) in [5.41, 5.74) is 6.90. The summed E-state index contributed by atoms with van der Waals surface area (Å²) in [6, 6.07) is 12.1. The van der Waals surface area contributed by atoms with Crippen molar-refractivity contribution in [1.29, 1.82) is 0 Å². The molecule has 0 unspecified atom stereocenters. The van der Waals surface area contributed by atoms with Gasteiger partial charge in [-0.2, -0.15) is 0 Å². The number of benzene rings is 2. The van der Waals surface area contributed by atoms with E-state index < -0.39 is 29.8 Å². The van der Waals surface area contributed by atoms with Crippen LogP contribution in [-0.2, 0) is 16.0 Å². The molecule has 2 rings (SSSR count). The zero-order chi connectivity index (χ0) is 16.8. The summed E-state index contributed by atoms with van der Waals surface area (Å²) in [6.45, 7) is 0. The Hall–Kier alpha value is -2.73. The lowest BCUT2D eigenvalue weighted by molar-refractivity contribution is -0.142. The highest BCUT2D eigenvalue weighted by atomic mass is 19.1. The second kappa shape index (κ2) is 7.51. The summed E-state index contributed by atoms with van der Waals surface area (Å²) in [5.74, 6) is -2.26. The highest BCUT2D eigenvalue weighted by Gasteiger charge is 2.24. The van der Waals surface area contributed by atoms with Crippen LogP contribution in [0.3, 0.4) is 0 Å². The van der Waals surface area contributed by atoms with Gasteiger partial charge >= 0.3 is 5.97 Å². The third-order valence-corrected chi connectivity index (χ3v) is 3.38. The molecule has 0 heterocycles. The van der Waals surface area contributed by atoms with Crippen LogP contribution in [0.15, 0.2) is 54.6 Å². The van der Waals surface area contributed by atoms with Gasteiger partial charge in [0.1, 0.15) is 17.9 Å². The number of carbonyl (C=O) groups excluding carboxylic acids is 1. The molecule has 2 atom stereocenters. The molecule has 0 radical (unpaired) electrons. The highest BCUT2D eigenvalue weighted by molar-refractivity contribution is 5.87. The minimum absolute atomic E-state index is 0.0274. The van der Waals surface area contributed by atoms with Gasteiger partial charge in [0.15, 0.2) is 0 Å². The molecule has 2 aromatic rings. The molecule has 5 nitrogen and oxygen atoms in total. The maximum Gasteiger partial charge on any atom is 0.326 e. The number of carboxylic acid groups (broad SMARTS) is 1. The lowest BCUT2D eigenvalue weighted by Crippen LogP contribution is -2.46. The van der Waals surface area contributed by atoms with Gasteiger partial charge < -0.3 is 16.2 Å². The quantitative estimate of drug-likeness (QED) is 0.755. The third-order valence-electron chi connectivity index (χ3n) is 3.38. The minimum atomic E-state index is -1.21. The van der Waals surface area contributed by atoms with Crippen LogP contribution in [0.1, 0.15) is 17.2 Å². The maximum atomic E-state index is 13.2. The van der Waals surface area contributed by atoms with Crippen molar-refractivity contribution in [3.63, 3.8) is 0 Å². The van der Waals surface area contributed by atoms with Crippen molar-refractivity contribution in [1.82, 2.24) is 5.32 Å². The fourth-order valence-corrected chi connectivity index (χ4v) is 2.17. The summed E-state index contributed by atoms with van der Waals surface area (Å²) in [7, 11) is 0. The fraction of sp³-hybridized carbons (Fsp3) is 0.176. The number of nitrogens with one attached hydrogen (secondary N) is 1. The SMILES string of the molecule is N[C@H](C(=O)N[C@@H](Cc1cccc(F)c1)C(=O)O)c1ccccc1. The molecule has 0 aliphatic heterocycles. The zero-order valence-corrected chi connectivity index (χ0v) is 12.3. The van der Waals surface area contributed by atoms with Gasteiger partial charge in [0, 0.05) is 6.42 Å². The number of hydrogen-bond acceptors (Lipinski definition) is 3. The second-order valence-corrected chi connectivity index (χ2v) is 5.12. The third kappa shape index (κ3) is 4.62. The second-order valence-electron chi connectivity index (χ2n) is 5.12. The van der Waals surface area contributed by atoms with Gasteiger partial charge in [-0.05, 0) is 23.3 Å². The zero-order valence-electron chi connectivity index (χ0n) is 12.3. The molecule has 120 valence electrons. The summed E-state index contributed by atoms with van der Waals surface area (Å²) < 4.78 is 13.2. The number of aliphatic carboxylic acids is 1. The number of amides is 1. The summed E-state index contributed by atoms with van der Waals surface area (Å²) in [6.07, 6.45) is -0.0274. The number of nitrogens with two attached hydrogens (primary N) is 1. The van der Waals surface area contributed by atoms with Crippen molar-refractivity contribution in [3.8, 4) is 0 Å². The number of rotatable bonds is 6. The van der Waals surface area contributed by atoms with Crippen molar-refractivity contribution in [3.05, 3.63) is 71.5 Å². The molecule has 0 bridgehead atoms. The molecule has 0 saturated heterocycles. The normalized spacial score (nSPS) is 13.1. The van der Waals surface area contributed by atoms with E-state index >= 15 is 0 Å². The van der Waals surface area contributed by atoms with Gasteiger partial charge in [-0.15, -0.1) is 0 Å². The first-order chi connectivity index (χ1) is 11.0. The summed E-state index contributed by atoms with van der Waals surface area (Å²) in [5, 5.41) is 11.7. The smallest absolute Gasteiger partial charge is 0.326 e. The van der Waals surface area contributed by atoms with Gasteiger partial charge in [-0.25, -0.2) is 9.18 Å². The largest absolute Gasteiger partial charge is 0.480 e. The molecule has 0 fully saturated rings. The Morgan fingerprint density at radius 2 is 1.83 bits per heavy atom. The van der Waals surface area contributed by atoms with E-state index in [1.807, 2.05) is 0 Å². The number of carbonyl (C=O) groups is 2. The predicted molar refractivity (Wildman–Crippen MR) is 83.0 cm³/mol. The lowest BCUT2D eigenvalue weighted by Gasteiger charge is -2.18. The van der Waals surface area contributed by atoms with E-state index in [1.54, 1.807) is 36.4 Å². The molecule has 23 heavy (non-hydrogen) atoms. The van der Waals surface area contributed by atoms with E-state index in [-0.39, 0.29) is 6.42 Å². The summed E-state index contributed by atoms with van der Waals surface area (Å²) in [4.78, 5) is 23.5. The molecule has 6 heteroatoms. The van der Waals surface area contributed by atoms with E-state index in [4.69, 9.17) is 5.73 Å². The van der Waals surface area contributed by atoms with E-state index in [2.05, 4.69) is 5.32 Å². The van der Waals surface area contributed by atoms with Crippen LogP contribution >= 0.6 is 0 Å². The Morgan fingerprint density at radius 1 is 1.13 bits per heavy atom. The summed E-state index contributed by atoms with van der Waals surface area (Å²) >= 11 is 0. The average Bonchev–Trinajstić information content (AvgIpc) is 2.54. The van der Waals surface area contributed by atoms with Crippen molar-refractivity contribution in [2.75, 3.05) is 0 Å². The van der Waals surface area contributed by atoms with Crippen LogP contribution in [0.25, 0.3) is 0 Å². The molecular weight excluding hydrogens is 299 g/mol. The average molecular weight is 316 g/mol. The van der Waals surface area contributed by atoms with Crippen LogP contribution in [0.2, 0.25) is 0 Å². The molecule has 4 N–H and O–H groups in total. The first-order valence-corrected chi connectivity index (χ1v) is 7.05. The standard InChI is InChI=1S/C17H17FN2O3/c18-13-8-4-5-11(9-13)10-14(17(22)23)20-16(21)15(19)12-6-2-1-3-7-12/h1-9,14-15H,10,19H2,(H,20,21)(H,22,23)/t14-,15-/m0/s1. The Morgan fingerprint density at radius 3 is 2.43 bits per heavy atom. The first kappa shape index (κ1) is 16.6. The van der Waals surface area contributed by atoms with Crippen LogP contribution in [0.5, 0.6) is 0 Å².